The Bertz CT molecular complexity index is 115. The molecule has 3 heteroatoms. The highest BCUT2D eigenvalue weighted by Gasteiger charge is 2.09. The number of unbranched alkanes of at least 4 members (excludes halogenated alkanes) is 1. The third-order valence-electron chi connectivity index (χ3n) is 1.48. The number of carbonyl (C=O) groups excluding carboxylic acids is 1. The SMILES string of the molecule is [B]C(CC)C(=O)OCCCC. The molecule has 0 aromatic heterocycles. The van der Waals surface area contributed by atoms with E-state index in [1.165, 1.54) is 0 Å². The molecule has 2 radical (unpaired) electrons. The monoisotopic (exact) mass is 154 g/mol. The molecule has 0 spiro atoms. The minimum Gasteiger partial charge on any atom is -0.466 e. The van der Waals surface area contributed by atoms with Crippen molar-refractivity contribution in [2.45, 2.75) is 38.9 Å². The van der Waals surface area contributed by atoms with Gasteiger partial charge in [0.1, 0.15) is 0 Å². The zero-order chi connectivity index (χ0) is 8.69. The van der Waals surface area contributed by atoms with Gasteiger partial charge in [-0.1, -0.05) is 26.7 Å². The summed E-state index contributed by atoms with van der Waals surface area (Å²) in [5.74, 6) is -0.715. The average molecular weight is 154 g/mol. The fraction of sp³-hybridized carbons (Fsp3) is 0.875. The highest BCUT2D eigenvalue weighted by Crippen LogP contribution is 2.06. The van der Waals surface area contributed by atoms with Crippen LogP contribution >= 0.6 is 0 Å². The summed E-state index contributed by atoms with van der Waals surface area (Å²) >= 11 is 0. The second kappa shape index (κ2) is 6.26. The van der Waals surface area contributed by atoms with Crippen molar-refractivity contribution in [3.05, 3.63) is 0 Å². The maximum Gasteiger partial charge on any atom is 0.300 e. The minimum absolute atomic E-state index is 0.277. The normalized spacial score (nSPS) is 12.5. The van der Waals surface area contributed by atoms with Gasteiger partial charge in [-0.25, -0.2) is 0 Å². The van der Waals surface area contributed by atoms with Gasteiger partial charge in [0.2, 0.25) is 0 Å². The highest BCUT2D eigenvalue weighted by atomic mass is 16.5. The molecule has 0 aliphatic rings. The van der Waals surface area contributed by atoms with Crippen molar-refractivity contribution in [2.75, 3.05) is 6.61 Å². The van der Waals surface area contributed by atoms with Crippen LogP contribution in [0.25, 0.3) is 0 Å². The van der Waals surface area contributed by atoms with Crippen LogP contribution in [0.5, 0.6) is 0 Å². The maximum absolute atomic E-state index is 10.9. The topological polar surface area (TPSA) is 26.3 Å². The standard InChI is InChI=1S/C8H15BO2/c1-3-5-6-11-8(10)7(9)4-2/h7H,3-6H2,1-2H3. The van der Waals surface area contributed by atoms with Crippen LogP contribution in [-0.2, 0) is 9.53 Å². The molecule has 0 heterocycles. The lowest BCUT2D eigenvalue weighted by atomic mass is 9.85. The fourth-order valence-corrected chi connectivity index (χ4v) is 0.591. The predicted octanol–water partition coefficient (Wildman–Crippen LogP) is 1.70. The van der Waals surface area contributed by atoms with Crippen LogP contribution in [0.4, 0.5) is 0 Å². The number of ether oxygens (including phenoxy) is 1. The van der Waals surface area contributed by atoms with E-state index >= 15 is 0 Å². The van der Waals surface area contributed by atoms with E-state index in [4.69, 9.17) is 12.6 Å². The first-order valence-corrected chi connectivity index (χ1v) is 4.14. The van der Waals surface area contributed by atoms with E-state index in [-0.39, 0.29) is 5.97 Å². The number of carbonyl (C=O) groups is 1. The largest absolute Gasteiger partial charge is 0.466 e. The summed E-state index contributed by atoms with van der Waals surface area (Å²) < 4.78 is 4.87. The van der Waals surface area contributed by atoms with Crippen LogP contribution < -0.4 is 0 Å². The van der Waals surface area contributed by atoms with Gasteiger partial charge < -0.3 is 4.74 Å². The molecule has 0 bridgehead atoms. The molecule has 1 atom stereocenters. The lowest BCUT2D eigenvalue weighted by molar-refractivity contribution is -0.143. The molecule has 0 aliphatic carbocycles. The van der Waals surface area contributed by atoms with Crippen LogP contribution in [0, 0.1) is 0 Å². The molecule has 11 heavy (non-hydrogen) atoms. The lowest BCUT2D eigenvalue weighted by Crippen LogP contribution is -2.12. The molecule has 0 aliphatic heterocycles. The third-order valence-corrected chi connectivity index (χ3v) is 1.48. The van der Waals surface area contributed by atoms with Crippen LogP contribution in [0.2, 0.25) is 5.82 Å². The quantitative estimate of drug-likeness (QED) is 0.342. The molecule has 62 valence electrons. The molecule has 0 saturated heterocycles. The molecule has 0 fully saturated rings. The predicted molar refractivity (Wildman–Crippen MR) is 45.7 cm³/mol. The zero-order valence-corrected chi connectivity index (χ0v) is 7.30. The van der Waals surface area contributed by atoms with Gasteiger partial charge >= 0.3 is 0 Å². The van der Waals surface area contributed by atoms with Crippen LogP contribution in [0.3, 0.4) is 0 Å². The van der Waals surface area contributed by atoms with Crippen molar-refractivity contribution in [3.63, 3.8) is 0 Å². The molecule has 0 rings (SSSR count). The molecule has 0 aromatic carbocycles. The first-order valence-electron chi connectivity index (χ1n) is 4.14. The Hall–Kier alpha value is -0.465. The summed E-state index contributed by atoms with van der Waals surface area (Å²) in [4.78, 5) is 10.9. The van der Waals surface area contributed by atoms with Crippen molar-refractivity contribution in [2.24, 2.45) is 0 Å². The van der Waals surface area contributed by atoms with Crippen molar-refractivity contribution in [1.29, 1.82) is 0 Å². The Morgan fingerprint density at radius 2 is 2.18 bits per heavy atom. The van der Waals surface area contributed by atoms with Crippen molar-refractivity contribution < 1.29 is 9.53 Å². The van der Waals surface area contributed by atoms with Gasteiger partial charge in [0.05, 0.1) is 14.5 Å². The van der Waals surface area contributed by atoms with Gasteiger partial charge in [0.25, 0.3) is 5.97 Å². The Labute approximate surface area is 69.7 Å². The lowest BCUT2D eigenvalue weighted by Gasteiger charge is -2.08. The fourth-order valence-electron chi connectivity index (χ4n) is 0.591. The summed E-state index contributed by atoms with van der Waals surface area (Å²) in [5.41, 5.74) is 0. The summed E-state index contributed by atoms with van der Waals surface area (Å²) in [5, 5.41) is 0. The van der Waals surface area contributed by atoms with E-state index in [9.17, 15) is 4.79 Å². The van der Waals surface area contributed by atoms with E-state index in [2.05, 4.69) is 0 Å². The van der Waals surface area contributed by atoms with Crippen molar-refractivity contribution in [1.82, 2.24) is 0 Å². The smallest absolute Gasteiger partial charge is 0.300 e. The molecule has 0 aromatic rings. The van der Waals surface area contributed by atoms with Gasteiger partial charge in [-0.2, -0.15) is 0 Å². The number of esters is 1. The maximum atomic E-state index is 10.9. The Morgan fingerprint density at radius 3 is 2.64 bits per heavy atom. The molecule has 0 saturated carbocycles. The first-order chi connectivity index (χ1) is 5.22. The van der Waals surface area contributed by atoms with Gasteiger partial charge in [-0.05, 0) is 6.42 Å². The zero-order valence-electron chi connectivity index (χ0n) is 7.30. The molecule has 1 unspecified atom stereocenters. The van der Waals surface area contributed by atoms with Gasteiger partial charge in [-0.3, -0.25) is 4.79 Å². The Balaban J connectivity index is 3.36. The van der Waals surface area contributed by atoms with Crippen LogP contribution in [0.15, 0.2) is 0 Å². The van der Waals surface area contributed by atoms with E-state index in [1.54, 1.807) is 0 Å². The van der Waals surface area contributed by atoms with Crippen molar-refractivity contribution >= 4 is 13.8 Å². The van der Waals surface area contributed by atoms with E-state index in [1.807, 2.05) is 13.8 Å². The second-order valence-corrected chi connectivity index (χ2v) is 2.54. The Morgan fingerprint density at radius 1 is 1.55 bits per heavy atom. The van der Waals surface area contributed by atoms with E-state index in [0.717, 1.165) is 12.8 Å². The first kappa shape index (κ1) is 10.5. The van der Waals surface area contributed by atoms with Gasteiger partial charge in [0, 0.05) is 5.82 Å². The summed E-state index contributed by atoms with van der Waals surface area (Å²) in [6.45, 7) is 4.42. The molecular formula is C8H15BO2. The van der Waals surface area contributed by atoms with Crippen LogP contribution in [-0.4, -0.2) is 20.4 Å². The third kappa shape index (κ3) is 4.88. The molecule has 0 amide bonds. The Kier molecular flexibility index (Phi) is 5.99. The second-order valence-electron chi connectivity index (χ2n) is 2.54. The van der Waals surface area contributed by atoms with Gasteiger partial charge in [0.15, 0.2) is 0 Å². The summed E-state index contributed by atoms with van der Waals surface area (Å²) in [6, 6.07) is 0. The minimum atomic E-state index is -0.438. The van der Waals surface area contributed by atoms with Crippen molar-refractivity contribution in [3.8, 4) is 0 Å². The van der Waals surface area contributed by atoms with Crippen LogP contribution in [0.1, 0.15) is 33.1 Å². The number of rotatable bonds is 5. The molecule has 2 nitrogen and oxygen atoms in total. The average Bonchev–Trinajstić information content (AvgIpc) is 2.03. The summed E-state index contributed by atoms with van der Waals surface area (Å²) in [7, 11) is 5.42. The van der Waals surface area contributed by atoms with Gasteiger partial charge in [-0.15, -0.1) is 0 Å². The summed E-state index contributed by atoms with van der Waals surface area (Å²) in [6.07, 6.45) is 2.60. The van der Waals surface area contributed by atoms with E-state index in [0.29, 0.717) is 13.0 Å². The number of hydrogen-bond acceptors (Lipinski definition) is 2. The number of hydrogen-bond donors (Lipinski definition) is 0. The molecule has 0 N–H and O–H groups in total. The molecular weight excluding hydrogens is 139 g/mol. The van der Waals surface area contributed by atoms with E-state index < -0.39 is 5.82 Å². The highest BCUT2D eigenvalue weighted by molar-refractivity contribution is 6.22.